The Bertz CT molecular complexity index is 1020. The summed E-state index contributed by atoms with van der Waals surface area (Å²) in [5.74, 6) is 2.56. The molecule has 0 aliphatic carbocycles. The van der Waals surface area contributed by atoms with Crippen LogP contribution in [0.15, 0.2) is 42.5 Å². The molecule has 34 heavy (non-hydrogen) atoms. The fraction of sp³-hybridized carbons (Fsp3) is 0.429. The van der Waals surface area contributed by atoms with Gasteiger partial charge in [0, 0.05) is 25.2 Å². The Kier molecular flexibility index (Phi) is 9.40. The van der Waals surface area contributed by atoms with Gasteiger partial charge in [0.15, 0.2) is 0 Å². The zero-order valence-corrected chi connectivity index (χ0v) is 20.1. The van der Waals surface area contributed by atoms with Gasteiger partial charge in [-0.1, -0.05) is 24.3 Å². The summed E-state index contributed by atoms with van der Waals surface area (Å²) in [6, 6.07) is 13.0. The van der Waals surface area contributed by atoms with Crippen LogP contribution in [0.5, 0.6) is 5.75 Å². The van der Waals surface area contributed by atoms with Crippen LogP contribution in [-0.2, 0) is 16.0 Å². The van der Waals surface area contributed by atoms with Gasteiger partial charge in [-0.3, -0.25) is 4.79 Å². The van der Waals surface area contributed by atoms with E-state index in [9.17, 15) is 9.59 Å². The maximum Gasteiger partial charge on any atom is 0.341 e. The smallest absolute Gasteiger partial charge is 0.341 e. The number of carbonyl (C=O) groups is 2. The lowest BCUT2D eigenvalue weighted by atomic mass is 9.99. The first-order valence-electron chi connectivity index (χ1n) is 12.1. The second kappa shape index (κ2) is 12.7. The number of ether oxygens (including phenoxy) is 2. The van der Waals surface area contributed by atoms with Crippen LogP contribution in [-0.4, -0.2) is 38.2 Å². The summed E-state index contributed by atoms with van der Waals surface area (Å²) >= 11 is 0. The molecular formula is C28H34N2O4. The van der Waals surface area contributed by atoms with Gasteiger partial charge < -0.3 is 19.7 Å². The minimum Gasteiger partial charge on any atom is -0.493 e. The van der Waals surface area contributed by atoms with Crippen LogP contribution in [0.2, 0.25) is 0 Å². The van der Waals surface area contributed by atoms with E-state index in [0.29, 0.717) is 24.3 Å². The molecule has 0 bridgehead atoms. The minimum atomic E-state index is -0.439. The Morgan fingerprint density at radius 1 is 1.09 bits per heavy atom. The quantitative estimate of drug-likeness (QED) is 0.410. The number of esters is 1. The van der Waals surface area contributed by atoms with E-state index in [2.05, 4.69) is 22.2 Å². The number of benzene rings is 2. The van der Waals surface area contributed by atoms with Crippen LogP contribution in [0.4, 0.5) is 5.69 Å². The molecule has 1 unspecified atom stereocenters. The first-order chi connectivity index (χ1) is 16.6. The molecule has 2 aromatic carbocycles. The third kappa shape index (κ3) is 6.54. The van der Waals surface area contributed by atoms with E-state index in [-0.39, 0.29) is 25.0 Å². The predicted molar refractivity (Wildman–Crippen MR) is 134 cm³/mol. The van der Waals surface area contributed by atoms with E-state index >= 15 is 0 Å². The molecule has 1 aliphatic rings. The normalized spacial score (nSPS) is 14.1. The van der Waals surface area contributed by atoms with Crippen molar-refractivity contribution in [2.24, 2.45) is 0 Å². The summed E-state index contributed by atoms with van der Waals surface area (Å²) in [4.78, 5) is 27.6. The fourth-order valence-corrected chi connectivity index (χ4v) is 4.32. The molecule has 1 heterocycles. The van der Waals surface area contributed by atoms with E-state index in [4.69, 9.17) is 15.9 Å². The van der Waals surface area contributed by atoms with Gasteiger partial charge in [-0.05, 0) is 62.4 Å². The number of anilines is 1. The van der Waals surface area contributed by atoms with E-state index in [1.807, 2.05) is 25.1 Å². The SMILES string of the molecule is C#CCC(NC(=O)Cc1ccc(C(=O)OCC)c(OCC)c1)c1ccccc1N1CCCCC1. The zero-order chi connectivity index (χ0) is 24.3. The lowest BCUT2D eigenvalue weighted by Gasteiger charge is -2.32. The number of amides is 1. The van der Waals surface area contributed by atoms with Gasteiger partial charge in [-0.25, -0.2) is 4.79 Å². The van der Waals surface area contributed by atoms with E-state index in [0.717, 1.165) is 29.9 Å². The van der Waals surface area contributed by atoms with Crippen LogP contribution in [0.3, 0.4) is 0 Å². The van der Waals surface area contributed by atoms with Crippen molar-refractivity contribution in [2.45, 2.75) is 52.0 Å². The highest BCUT2D eigenvalue weighted by Crippen LogP contribution is 2.30. The van der Waals surface area contributed by atoms with Crippen LogP contribution >= 0.6 is 0 Å². The van der Waals surface area contributed by atoms with Gasteiger partial charge in [-0.2, -0.15) is 0 Å². The lowest BCUT2D eigenvalue weighted by molar-refractivity contribution is -0.121. The average molecular weight is 463 g/mol. The molecule has 6 nitrogen and oxygen atoms in total. The second-order valence-electron chi connectivity index (χ2n) is 8.30. The third-order valence-electron chi connectivity index (χ3n) is 5.87. The zero-order valence-electron chi connectivity index (χ0n) is 20.1. The van der Waals surface area contributed by atoms with Crippen molar-refractivity contribution in [3.05, 3.63) is 59.2 Å². The molecule has 6 heteroatoms. The van der Waals surface area contributed by atoms with Crippen molar-refractivity contribution >= 4 is 17.6 Å². The number of hydrogen-bond acceptors (Lipinski definition) is 5. The van der Waals surface area contributed by atoms with Crippen molar-refractivity contribution in [1.29, 1.82) is 0 Å². The number of nitrogens with one attached hydrogen (secondary N) is 1. The molecule has 0 spiro atoms. The molecule has 180 valence electrons. The van der Waals surface area contributed by atoms with Crippen LogP contribution in [0, 0.1) is 12.3 Å². The molecule has 1 amide bonds. The van der Waals surface area contributed by atoms with Gasteiger partial charge in [-0.15, -0.1) is 12.3 Å². The molecule has 0 aromatic heterocycles. The van der Waals surface area contributed by atoms with Crippen molar-refractivity contribution in [1.82, 2.24) is 5.32 Å². The van der Waals surface area contributed by atoms with Gasteiger partial charge in [0.05, 0.1) is 25.7 Å². The maximum absolute atomic E-state index is 13.0. The second-order valence-corrected chi connectivity index (χ2v) is 8.30. The van der Waals surface area contributed by atoms with Gasteiger partial charge in [0.2, 0.25) is 5.91 Å². The number of rotatable bonds is 10. The number of carbonyl (C=O) groups excluding carboxylic acids is 2. The van der Waals surface area contributed by atoms with Gasteiger partial charge in [0.1, 0.15) is 11.3 Å². The number of nitrogens with zero attached hydrogens (tertiary/aromatic N) is 1. The lowest BCUT2D eigenvalue weighted by Crippen LogP contribution is -2.34. The Hall–Kier alpha value is -3.46. The Morgan fingerprint density at radius 3 is 2.56 bits per heavy atom. The Labute approximate surface area is 202 Å². The first-order valence-corrected chi connectivity index (χ1v) is 12.1. The fourth-order valence-electron chi connectivity index (χ4n) is 4.32. The van der Waals surface area contributed by atoms with Crippen molar-refractivity contribution in [3.8, 4) is 18.1 Å². The highest BCUT2D eigenvalue weighted by Gasteiger charge is 2.22. The summed E-state index contributed by atoms with van der Waals surface area (Å²) in [5.41, 5.74) is 3.29. The Morgan fingerprint density at radius 2 is 1.85 bits per heavy atom. The number of para-hydroxylation sites is 1. The van der Waals surface area contributed by atoms with Crippen molar-refractivity contribution in [2.75, 3.05) is 31.2 Å². The highest BCUT2D eigenvalue weighted by molar-refractivity contribution is 5.93. The summed E-state index contributed by atoms with van der Waals surface area (Å²) in [6.45, 7) is 6.32. The third-order valence-corrected chi connectivity index (χ3v) is 5.87. The predicted octanol–water partition coefficient (Wildman–Crippen LogP) is 4.68. The minimum absolute atomic E-state index is 0.139. The van der Waals surface area contributed by atoms with E-state index < -0.39 is 5.97 Å². The maximum atomic E-state index is 13.0. The molecule has 1 aliphatic heterocycles. The summed E-state index contributed by atoms with van der Waals surface area (Å²) in [7, 11) is 0. The Balaban J connectivity index is 1.77. The van der Waals surface area contributed by atoms with Crippen LogP contribution < -0.4 is 15.0 Å². The molecule has 3 rings (SSSR count). The average Bonchev–Trinajstić information content (AvgIpc) is 2.85. The van der Waals surface area contributed by atoms with Crippen LogP contribution in [0.25, 0.3) is 0 Å². The summed E-state index contributed by atoms with van der Waals surface area (Å²) in [6.07, 6.45) is 9.82. The van der Waals surface area contributed by atoms with E-state index in [1.54, 1.807) is 25.1 Å². The van der Waals surface area contributed by atoms with Crippen LogP contribution in [0.1, 0.15) is 67.1 Å². The van der Waals surface area contributed by atoms with Crippen molar-refractivity contribution in [3.63, 3.8) is 0 Å². The topological polar surface area (TPSA) is 67.9 Å². The molecule has 1 atom stereocenters. The highest BCUT2D eigenvalue weighted by atomic mass is 16.5. The summed E-state index contributed by atoms with van der Waals surface area (Å²) in [5, 5.41) is 3.13. The number of terminal acetylenes is 1. The van der Waals surface area contributed by atoms with Gasteiger partial charge >= 0.3 is 5.97 Å². The molecule has 1 fully saturated rings. The first kappa shape index (κ1) is 25.2. The summed E-state index contributed by atoms with van der Waals surface area (Å²) < 4.78 is 10.7. The molecule has 1 saturated heterocycles. The van der Waals surface area contributed by atoms with Crippen molar-refractivity contribution < 1.29 is 19.1 Å². The standard InChI is InChI=1S/C28H34N2O4/c1-4-12-24(22-13-8-9-14-25(22)30-17-10-7-11-18-30)29-27(31)20-21-15-16-23(28(32)34-6-3)26(19-21)33-5-2/h1,8-9,13-16,19,24H,5-7,10-12,17-18,20H2,2-3H3,(H,29,31). The molecule has 2 aromatic rings. The van der Waals surface area contributed by atoms with Gasteiger partial charge in [0.25, 0.3) is 0 Å². The molecular weight excluding hydrogens is 428 g/mol. The number of hydrogen-bond donors (Lipinski definition) is 1. The number of piperidine rings is 1. The largest absolute Gasteiger partial charge is 0.493 e. The monoisotopic (exact) mass is 462 g/mol. The molecule has 0 radical (unpaired) electrons. The van der Waals surface area contributed by atoms with E-state index in [1.165, 1.54) is 19.3 Å². The molecule has 0 saturated carbocycles. The molecule has 1 N–H and O–H groups in total.